The second-order valence-corrected chi connectivity index (χ2v) is 5.48. The van der Waals surface area contributed by atoms with Crippen LogP contribution < -0.4 is 5.69 Å². The fourth-order valence-corrected chi connectivity index (χ4v) is 2.19. The molecule has 1 rings (SSSR count). The number of rotatable bonds is 5. The van der Waals surface area contributed by atoms with E-state index in [0.717, 1.165) is 5.56 Å². The summed E-state index contributed by atoms with van der Waals surface area (Å²) in [7, 11) is 3.27. The molecule has 0 aromatic carbocycles. The molecule has 6 heteroatoms. The van der Waals surface area contributed by atoms with Crippen LogP contribution in [0.4, 0.5) is 5.82 Å². The highest BCUT2D eigenvalue weighted by atomic mass is 32.1. The Labute approximate surface area is 129 Å². The van der Waals surface area contributed by atoms with Gasteiger partial charge in [0.15, 0.2) is 5.78 Å². The van der Waals surface area contributed by atoms with Crippen LogP contribution in [0.2, 0.25) is 0 Å². The number of nitrogens with zero attached hydrogens (tertiary/aromatic N) is 3. The summed E-state index contributed by atoms with van der Waals surface area (Å²) in [5.74, 6) is 0.111. The summed E-state index contributed by atoms with van der Waals surface area (Å²) in [6.45, 7) is 9.08. The lowest BCUT2D eigenvalue weighted by Crippen LogP contribution is -2.28. The van der Waals surface area contributed by atoms with Crippen molar-refractivity contribution in [2.24, 2.45) is 25.0 Å². The van der Waals surface area contributed by atoms with E-state index in [4.69, 9.17) is 12.2 Å². The summed E-state index contributed by atoms with van der Waals surface area (Å²) in [4.78, 5) is 28.3. The third-order valence-electron chi connectivity index (χ3n) is 3.43. The first-order valence-electron chi connectivity index (χ1n) is 6.72. The fourth-order valence-electron chi connectivity index (χ4n) is 2.02. The molecule has 0 aliphatic heterocycles. The van der Waals surface area contributed by atoms with Crippen molar-refractivity contribution in [3.05, 3.63) is 32.8 Å². The summed E-state index contributed by atoms with van der Waals surface area (Å²) in [6.07, 6.45) is 2.21. The van der Waals surface area contributed by atoms with Gasteiger partial charge in [0.05, 0.1) is 5.92 Å². The second kappa shape index (κ2) is 6.76. The molecule has 1 aromatic rings. The van der Waals surface area contributed by atoms with Gasteiger partial charge in [-0.2, -0.15) is 0 Å². The predicted octanol–water partition coefficient (Wildman–Crippen LogP) is 2.64. The fraction of sp³-hybridized carbons (Fsp3) is 0.467. The smallest absolute Gasteiger partial charge is 0.294 e. The Bertz CT molecular complexity index is 688. The topological polar surface area (TPSA) is 56.4 Å². The van der Waals surface area contributed by atoms with Crippen molar-refractivity contribution in [2.45, 2.75) is 27.2 Å². The maximum Gasteiger partial charge on any atom is 0.330 e. The Morgan fingerprint density at radius 1 is 1.43 bits per heavy atom. The van der Waals surface area contributed by atoms with Crippen LogP contribution in [-0.2, 0) is 18.9 Å². The number of carbonyl (C=O) groups is 1. The van der Waals surface area contributed by atoms with Gasteiger partial charge >= 0.3 is 5.69 Å². The molecular weight excluding hydrogens is 286 g/mol. The predicted molar refractivity (Wildman–Crippen MR) is 88.0 cm³/mol. The zero-order chi connectivity index (χ0) is 16.3. The van der Waals surface area contributed by atoms with Crippen LogP contribution in [0.25, 0.3) is 0 Å². The average molecular weight is 307 g/mol. The van der Waals surface area contributed by atoms with E-state index in [1.165, 1.54) is 9.13 Å². The number of aliphatic imine (C=N–C) groups is 1. The Morgan fingerprint density at radius 2 is 2.00 bits per heavy atom. The van der Waals surface area contributed by atoms with Crippen LogP contribution in [0, 0.1) is 17.5 Å². The van der Waals surface area contributed by atoms with Crippen LogP contribution >= 0.6 is 12.2 Å². The number of Topliss-reactive ketones (excluding diaryl/α,β-unsaturated/α-hetero) is 1. The van der Waals surface area contributed by atoms with Gasteiger partial charge < -0.3 is 0 Å². The molecule has 0 saturated carbocycles. The molecule has 0 N–H and O–H groups in total. The second-order valence-electron chi connectivity index (χ2n) is 5.09. The number of aromatic nitrogens is 2. The van der Waals surface area contributed by atoms with E-state index >= 15 is 0 Å². The van der Waals surface area contributed by atoms with E-state index in [2.05, 4.69) is 11.6 Å². The van der Waals surface area contributed by atoms with E-state index in [0.29, 0.717) is 22.5 Å². The largest absolute Gasteiger partial charge is 0.330 e. The molecule has 5 nitrogen and oxygen atoms in total. The van der Waals surface area contributed by atoms with E-state index in [9.17, 15) is 9.59 Å². The van der Waals surface area contributed by atoms with Gasteiger partial charge in [-0.3, -0.25) is 13.9 Å². The van der Waals surface area contributed by atoms with Gasteiger partial charge in [-0.05, 0) is 25.8 Å². The molecule has 1 aromatic heterocycles. The molecule has 1 unspecified atom stereocenters. The summed E-state index contributed by atoms with van der Waals surface area (Å²) < 4.78 is 3.28. The van der Waals surface area contributed by atoms with Gasteiger partial charge in [-0.15, -0.1) is 0 Å². The Kier molecular flexibility index (Phi) is 5.54. The molecule has 0 aliphatic rings. The van der Waals surface area contributed by atoms with E-state index in [1.807, 2.05) is 13.8 Å². The quantitative estimate of drug-likeness (QED) is 0.477. The van der Waals surface area contributed by atoms with Crippen molar-refractivity contribution >= 4 is 30.0 Å². The number of hydrogen-bond donors (Lipinski definition) is 0. The van der Waals surface area contributed by atoms with Crippen molar-refractivity contribution in [2.75, 3.05) is 0 Å². The first-order valence-corrected chi connectivity index (χ1v) is 7.13. The maximum atomic E-state index is 12.0. The summed E-state index contributed by atoms with van der Waals surface area (Å²) in [5.41, 5.74) is 1.00. The molecule has 0 aliphatic carbocycles. The van der Waals surface area contributed by atoms with Crippen molar-refractivity contribution in [3.8, 4) is 0 Å². The standard InChI is InChI=1S/C15H21N3O2S/c1-7-11(12(19)9(2)3)8-16-13-10(4)14(21)18(6)15(20)17(13)5/h8,11H,2,7H2,1,3-6H3/b16-8-. The highest BCUT2D eigenvalue weighted by molar-refractivity contribution is 7.71. The van der Waals surface area contributed by atoms with Crippen LogP contribution in [-0.4, -0.2) is 21.1 Å². The molecule has 1 heterocycles. The van der Waals surface area contributed by atoms with Gasteiger partial charge in [-0.25, -0.2) is 9.79 Å². The van der Waals surface area contributed by atoms with Crippen LogP contribution in [0.15, 0.2) is 21.9 Å². The van der Waals surface area contributed by atoms with Crippen LogP contribution in [0.1, 0.15) is 25.8 Å². The normalized spacial score (nSPS) is 12.6. The first-order chi connectivity index (χ1) is 9.72. The SMILES string of the molecule is C=C(C)C(=O)C(/C=N\c1c(C)c(=S)n(C)c(=O)n1C)CC. The Balaban J connectivity index is 3.34. The molecule has 0 saturated heterocycles. The molecule has 0 fully saturated rings. The summed E-state index contributed by atoms with van der Waals surface area (Å²) in [6, 6.07) is 0. The number of ketones is 1. The van der Waals surface area contributed by atoms with E-state index < -0.39 is 0 Å². The number of hydrogen-bond acceptors (Lipinski definition) is 4. The van der Waals surface area contributed by atoms with Gasteiger partial charge in [-0.1, -0.05) is 25.7 Å². The van der Waals surface area contributed by atoms with Crippen molar-refractivity contribution in [1.29, 1.82) is 0 Å². The van der Waals surface area contributed by atoms with Gasteiger partial charge in [0.2, 0.25) is 0 Å². The monoisotopic (exact) mass is 307 g/mol. The molecule has 0 radical (unpaired) electrons. The van der Waals surface area contributed by atoms with Gasteiger partial charge in [0.25, 0.3) is 0 Å². The van der Waals surface area contributed by atoms with Gasteiger partial charge in [0.1, 0.15) is 10.5 Å². The molecular formula is C15H21N3O2S. The molecule has 1 atom stereocenters. The summed E-state index contributed by atoms with van der Waals surface area (Å²) in [5, 5.41) is 0. The number of allylic oxidation sites excluding steroid dienone is 1. The Morgan fingerprint density at radius 3 is 2.48 bits per heavy atom. The minimum Gasteiger partial charge on any atom is -0.294 e. The molecule has 0 amide bonds. The minimum atomic E-state index is -0.334. The Hall–Kier alpha value is -1.82. The first kappa shape index (κ1) is 17.2. The van der Waals surface area contributed by atoms with E-state index in [1.54, 1.807) is 27.2 Å². The highest BCUT2D eigenvalue weighted by Gasteiger charge is 2.15. The third kappa shape index (κ3) is 3.44. The van der Waals surface area contributed by atoms with Crippen molar-refractivity contribution < 1.29 is 4.79 Å². The highest BCUT2D eigenvalue weighted by Crippen LogP contribution is 2.17. The third-order valence-corrected chi connectivity index (χ3v) is 4.01. The maximum absolute atomic E-state index is 12.0. The molecule has 0 bridgehead atoms. The lowest BCUT2D eigenvalue weighted by molar-refractivity contribution is -0.117. The molecule has 114 valence electrons. The lowest BCUT2D eigenvalue weighted by Gasteiger charge is -2.12. The molecule has 0 spiro atoms. The summed E-state index contributed by atoms with van der Waals surface area (Å²) >= 11 is 5.23. The lowest BCUT2D eigenvalue weighted by atomic mass is 9.98. The number of carbonyl (C=O) groups excluding carboxylic acids is 1. The van der Waals surface area contributed by atoms with Crippen molar-refractivity contribution in [3.63, 3.8) is 0 Å². The zero-order valence-electron chi connectivity index (χ0n) is 13.1. The van der Waals surface area contributed by atoms with Crippen LogP contribution in [0.3, 0.4) is 0 Å². The van der Waals surface area contributed by atoms with Crippen molar-refractivity contribution in [1.82, 2.24) is 9.13 Å². The average Bonchev–Trinajstić information content (AvgIpc) is 2.46. The molecule has 21 heavy (non-hydrogen) atoms. The van der Waals surface area contributed by atoms with Crippen LogP contribution in [0.5, 0.6) is 0 Å². The van der Waals surface area contributed by atoms with E-state index in [-0.39, 0.29) is 17.4 Å². The minimum absolute atomic E-state index is 0.0380. The zero-order valence-corrected chi connectivity index (χ0v) is 14.0. The van der Waals surface area contributed by atoms with Gasteiger partial charge in [0, 0.05) is 25.9 Å².